The number of piperidine rings is 1. The Labute approximate surface area is 342 Å². The largest absolute Gasteiger partial charge is 0.417 e. The molecule has 2 atom stereocenters. The number of nitriles is 1. The quantitative estimate of drug-likeness (QED) is 0.0811. The second-order valence-corrected chi connectivity index (χ2v) is 15.7. The molecule has 0 aliphatic carbocycles. The number of hydrogen-bond donors (Lipinski definition) is 5. The van der Waals surface area contributed by atoms with E-state index in [0.717, 1.165) is 24.0 Å². The molecule has 3 aromatic rings. The first-order chi connectivity index (χ1) is 28.4. The molecule has 0 aromatic heterocycles. The zero-order valence-corrected chi connectivity index (χ0v) is 32.9. The van der Waals surface area contributed by atoms with Gasteiger partial charge in [0.2, 0.25) is 11.8 Å². The lowest BCUT2D eigenvalue weighted by Crippen LogP contribution is -2.54. The van der Waals surface area contributed by atoms with E-state index in [4.69, 9.17) is 19.5 Å². The van der Waals surface area contributed by atoms with Crippen LogP contribution in [0.5, 0.6) is 0 Å². The van der Waals surface area contributed by atoms with Gasteiger partial charge in [-0.2, -0.15) is 18.4 Å². The Morgan fingerprint density at radius 2 is 1.52 bits per heavy atom. The number of ether oxygens (including phenoxy) is 3. The number of benzene rings is 3. The Bertz CT molecular complexity index is 2260. The maximum Gasteiger partial charge on any atom is 0.417 e. The molecule has 1 saturated heterocycles. The predicted octanol–water partition coefficient (Wildman–Crippen LogP) is 2.72. The van der Waals surface area contributed by atoms with E-state index in [0.29, 0.717) is 30.5 Å². The highest BCUT2D eigenvalue weighted by atomic mass is 32.2. The Hall–Kier alpha value is -5.92. The molecule has 2 aliphatic rings. The maximum absolute atomic E-state index is 13.3. The van der Waals surface area contributed by atoms with E-state index in [2.05, 4.69) is 21.3 Å². The minimum atomic E-state index is -4.89. The van der Waals surface area contributed by atoms with Gasteiger partial charge < -0.3 is 35.3 Å². The van der Waals surface area contributed by atoms with E-state index in [-0.39, 0.29) is 74.2 Å². The summed E-state index contributed by atoms with van der Waals surface area (Å²) in [6, 6.07) is 13.0. The number of carbonyl (C=O) groups is 5. The third kappa shape index (κ3) is 11.2. The van der Waals surface area contributed by atoms with Crippen molar-refractivity contribution in [3.8, 4) is 6.07 Å². The molecule has 5 N–H and O–H groups in total. The number of aliphatic hydroxyl groups is 1. The van der Waals surface area contributed by atoms with Crippen LogP contribution in [0.25, 0.3) is 0 Å². The number of alkyl halides is 3. The molecule has 60 heavy (non-hydrogen) atoms. The average molecular weight is 859 g/mol. The fraction of sp³-hybridized carbons (Fsp3) is 0.385. The van der Waals surface area contributed by atoms with Crippen LogP contribution in [-0.4, -0.2) is 118 Å². The highest BCUT2D eigenvalue weighted by molar-refractivity contribution is 7.91. The van der Waals surface area contributed by atoms with Gasteiger partial charge in [-0.25, -0.2) is 8.42 Å². The molecule has 0 saturated carbocycles. The lowest BCUT2D eigenvalue weighted by atomic mass is 10.0. The van der Waals surface area contributed by atoms with Crippen molar-refractivity contribution in [2.24, 2.45) is 0 Å². The fourth-order valence-electron chi connectivity index (χ4n) is 6.25. The average Bonchev–Trinajstić information content (AvgIpc) is 3.45. The molecule has 17 nitrogen and oxygen atoms in total. The van der Waals surface area contributed by atoms with Crippen molar-refractivity contribution in [1.29, 1.82) is 5.26 Å². The number of anilines is 3. The number of amides is 5. The number of carbonyl (C=O) groups excluding carboxylic acids is 5. The summed E-state index contributed by atoms with van der Waals surface area (Å²) in [5.74, 6) is -4.67. The third-order valence-corrected chi connectivity index (χ3v) is 11.2. The first-order valence-corrected chi connectivity index (χ1v) is 20.1. The first kappa shape index (κ1) is 45.2. The molecule has 2 heterocycles. The lowest BCUT2D eigenvalue weighted by molar-refractivity contribution is -0.138. The number of hydrogen-bond acceptors (Lipinski definition) is 14. The van der Waals surface area contributed by atoms with Gasteiger partial charge in [0.25, 0.3) is 17.7 Å². The van der Waals surface area contributed by atoms with Gasteiger partial charge in [-0.1, -0.05) is 6.07 Å². The van der Waals surface area contributed by atoms with Crippen LogP contribution in [0.3, 0.4) is 0 Å². The molecule has 21 heteroatoms. The number of sulfone groups is 1. The molecule has 0 radical (unpaired) electrons. The van der Waals surface area contributed by atoms with Crippen molar-refractivity contribution in [3.05, 3.63) is 82.9 Å². The maximum atomic E-state index is 13.3. The van der Waals surface area contributed by atoms with Gasteiger partial charge in [-0.3, -0.25) is 34.2 Å². The summed E-state index contributed by atoms with van der Waals surface area (Å²) in [4.78, 5) is 63.4. The number of nitrogens with zero attached hydrogens (tertiary/aromatic N) is 2. The summed E-state index contributed by atoms with van der Waals surface area (Å²) < 4.78 is 82.5. The Balaban J connectivity index is 0.935. The van der Waals surface area contributed by atoms with E-state index in [1.807, 2.05) is 0 Å². The number of imide groups is 2. The van der Waals surface area contributed by atoms with Crippen LogP contribution < -0.4 is 21.3 Å². The molecule has 1 fully saturated rings. The second kappa shape index (κ2) is 19.4. The Morgan fingerprint density at radius 1 is 0.900 bits per heavy atom. The molecule has 320 valence electrons. The van der Waals surface area contributed by atoms with Crippen LogP contribution in [0.2, 0.25) is 0 Å². The highest BCUT2D eigenvalue weighted by Crippen LogP contribution is 2.34. The summed E-state index contributed by atoms with van der Waals surface area (Å²) in [6.07, 6.45) is -4.80. The number of halogens is 3. The van der Waals surface area contributed by atoms with Gasteiger partial charge in [0.05, 0.1) is 78.6 Å². The van der Waals surface area contributed by atoms with E-state index in [9.17, 15) is 50.7 Å². The standard InChI is InChI=1S/C39H41F3N6O11S/c1-38(54,37(53)46-26-6-5-24(22-43)29(21-26)39(40,41)42)23-60(55,56)27-9-7-25(8-10-27)44-13-15-57-17-19-59-20-18-58-16-14-45-30-4-2-3-28-33(30)36(52)48(35(28)51)31-11-12-32(49)47-34(31)50/h2-10,21,31,44-45,54H,11-20,23H2,1H3,(H,46,53)(H,47,49,50). The van der Waals surface area contributed by atoms with Gasteiger partial charge >= 0.3 is 6.18 Å². The van der Waals surface area contributed by atoms with Crippen LogP contribution in [0.15, 0.2) is 65.6 Å². The first-order valence-electron chi connectivity index (χ1n) is 18.5. The van der Waals surface area contributed by atoms with Gasteiger partial charge in [0.15, 0.2) is 15.4 Å². The fourth-order valence-corrected chi connectivity index (χ4v) is 7.84. The SMILES string of the molecule is CC(O)(CS(=O)(=O)c1ccc(NCCOCCOCCOCCNc2cccc3c2C(=O)N(C2CCC(=O)NC2=O)C3=O)cc1)C(=O)Nc1ccc(C#N)c(C(F)(F)F)c1. The molecule has 0 spiro atoms. The van der Waals surface area contributed by atoms with Crippen LogP contribution in [0.4, 0.5) is 30.2 Å². The molecule has 2 unspecified atom stereocenters. The third-order valence-electron chi connectivity index (χ3n) is 9.23. The molecule has 2 aliphatic heterocycles. The van der Waals surface area contributed by atoms with Crippen LogP contribution in [-0.2, 0) is 44.6 Å². The molecular weight excluding hydrogens is 818 g/mol. The smallest absolute Gasteiger partial charge is 0.383 e. The number of nitrogens with one attached hydrogen (secondary N) is 4. The molecule has 0 bridgehead atoms. The summed E-state index contributed by atoms with van der Waals surface area (Å²) in [7, 11) is -4.24. The Kier molecular flexibility index (Phi) is 14.6. The minimum absolute atomic E-state index is 0.0267. The van der Waals surface area contributed by atoms with Crippen molar-refractivity contribution in [3.63, 3.8) is 0 Å². The lowest BCUT2D eigenvalue weighted by Gasteiger charge is -2.27. The van der Waals surface area contributed by atoms with Crippen LogP contribution >= 0.6 is 0 Å². The van der Waals surface area contributed by atoms with Crippen molar-refractivity contribution in [2.45, 2.75) is 42.5 Å². The summed E-state index contributed by atoms with van der Waals surface area (Å²) in [6.45, 7) is 3.27. The van der Waals surface area contributed by atoms with Gasteiger partial charge in [0.1, 0.15) is 6.04 Å². The Morgan fingerprint density at radius 3 is 2.13 bits per heavy atom. The summed E-state index contributed by atoms with van der Waals surface area (Å²) >= 11 is 0. The van der Waals surface area contributed by atoms with E-state index in [1.165, 1.54) is 36.4 Å². The second-order valence-electron chi connectivity index (χ2n) is 13.7. The monoisotopic (exact) mass is 858 g/mol. The molecule has 5 rings (SSSR count). The number of rotatable bonds is 20. The van der Waals surface area contributed by atoms with Gasteiger partial charge in [-0.15, -0.1) is 0 Å². The predicted molar refractivity (Wildman–Crippen MR) is 206 cm³/mol. The van der Waals surface area contributed by atoms with Crippen molar-refractivity contribution >= 4 is 56.4 Å². The van der Waals surface area contributed by atoms with E-state index >= 15 is 0 Å². The normalized spacial score (nSPS) is 16.5. The van der Waals surface area contributed by atoms with Crippen LogP contribution in [0, 0.1) is 11.3 Å². The van der Waals surface area contributed by atoms with Crippen molar-refractivity contribution < 1.29 is 64.9 Å². The van der Waals surface area contributed by atoms with Crippen molar-refractivity contribution in [1.82, 2.24) is 10.2 Å². The molecular formula is C39H41F3N6O11S. The summed E-state index contributed by atoms with van der Waals surface area (Å²) in [5, 5.41) is 30.0. The minimum Gasteiger partial charge on any atom is -0.383 e. The van der Waals surface area contributed by atoms with Gasteiger partial charge in [-0.05, 0) is 67.9 Å². The van der Waals surface area contributed by atoms with E-state index < -0.39 is 74.1 Å². The van der Waals surface area contributed by atoms with Crippen LogP contribution in [0.1, 0.15) is 51.6 Å². The number of fused-ring (bicyclic) bond motifs is 1. The van der Waals surface area contributed by atoms with E-state index in [1.54, 1.807) is 12.1 Å². The highest BCUT2D eigenvalue weighted by Gasteiger charge is 2.45. The summed E-state index contributed by atoms with van der Waals surface area (Å²) in [5.41, 5.74) is -3.59. The zero-order valence-electron chi connectivity index (χ0n) is 32.1. The van der Waals surface area contributed by atoms with Crippen molar-refractivity contribution in [2.75, 3.05) is 74.4 Å². The zero-order chi connectivity index (χ0) is 43.7. The molecule has 5 amide bonds. The topological polar surface area (TPSA) is 243 Å². The van der Waals surface area contributed by atoms with Gasteiger partial charge in [0, 0.05) is 36.6 Å². The molecule has 3 aromatic carbocycles.